The molecule has 0 unspecified atom stereocenters. The molecule has 1 saturated heterocycles. The lowest BCUT2D eigenvalue weighted by Crippen LogP contribution is -2.49. The van der Waals surface area contributed by atoms with Crippen molar-refractivity contribution in [3.05, 3.63) is 0 Å². The summed E-state index contributed by atoms with van der Waals surface area (Å²) in [5.74, 6) is 1.93. The third-order valence-electron chi connectivity index (χ3n) is 2.45. The first kappa shape index (κ1) is 11.9. The van der Waals surface area contributed by atoms with E-state index in [1.165, 1.54) is 0 Å². The summed E-state index contributed by atoms with van der Waals surface area (Å²) in [6.45, 7) is 12.9. The lowest BCUT2D eigenvalue weighted by atomic mass is 9.93. The number of hydrogen-bond acceptors (Lipinski definition) is 2. The topological polar surface area (TPSA) is 27.1 Å². The van der Waals surface area contributed by atoms with Crippen molar-refractivity contribution in [1.82, 2.24) is 4.90 Å². The van der Waals surface area contributed by atoms with E-state index in [9.17, 15) is 0 Å². The van der Waals surface area contributed by atoms with Gasteiger partial charge in [0.25, 0.3) is 0 Å². The molecule has 0 aromatic heterocycles. The first-order valence-electron chi connectivity index (χ1n) is 5.20. The Kier molecular flexibility index (Phi) is 3.20. The molecule has 2 nitrogen and oxygen atoms in total. The van der Waals surface area contributed by atoms with Gasteiger partial charge in [0.05, 0.1) is 0 Å². The standard InChI is InChI=1S/C11H22N2S/c1-10(2,3)9(12)13-6-7-14-11(4,5)8-13/h12H,6-8H2,1-5H3. The molecule has 0 bridgehead atoms. The van der Waals surface area contributed by atoms with E-state index < -0.39 is 0 Å². The number of nitrogens with zero attached hydrogens (tertiary/aromatic N) is 1. The van der Waals surface area contributed by atoms with Crippen molar-refractivity contribution in [2.75, 3.05) is 18.8 Å². The largest absolute Gasteiger partial charge is 0.358 e. The Bertz CT molecular complexity index is 228. The molecule has 1 N–H and O–H groups in total. The fourth-order valence-electron chi connectivity index (χ4n) is 1.68. The second-order valence-electron chi connectivity index (χ2n) is 5.63. The van der Waals surface area contributed by atoms with Crippen LogP contribution in [0.3, 0.4) is 0 Å². The van der Waals surface area contributed by atoms with Crippen LogP contribution in [0.25, 0.3) is 0 Å². The molecule has 0 spiro atoms. The molecule has 0 amide bonds. The van der Waals surface area contributed by atoms with Crippen molar-refractivity contribution >= 4 is 17.6 Å². The Morgan fingerprint density at radius 2 is 1.93 bits per heavy atom. The number of nitrogens with one attached hydrogen (secondary N) is 1. The summed E-state index contributed by atoms with van der Waals surface area (Å²) in [7, 11) is 0. The van der Waals surface area contributed by atoms with Crippen LogP contribution in [0.5, 0.6) is 0 Å². The van der Waals surface area contributed by atoms with Gasteiger partial charge in [0.2, 0.25) is 0 Å². The summed E-state index contributed by atoms with van der Waals surface area (Å²) in [5.41, 5.74) is -0.0158. The van der Waals surface area contributed by atoms with Crippen molar-refractivity contribution in [3.63, 3.8) is 0 Å². The minimum atomic E-state index is -0.0158. The zero-order valence-electron chi connectivity index (χ0n) is 9.98. The van der Waals surface area contributed by atoms with Crippen LogP contribution in [0.1, 0.15) is 34.6 Å². The van der Waals surface area contributed by atoms with Crippen molar-refractivity contribution < 1.29 is 0 Å². The fraction of sp³-hybridized carbons (Fsp3) is 0.909. The molecule has 82 valence electrons. The van der Waals surface area contributed by atoms with Crippen molar-refractivity contribution in [1.29, 1.82) is 5.41 Å². The van der Waals surface area contributed by atoms with Crippen LogP contribution in [0.4, 0.5) is 0 Å². The highest BCUT2D eigenvalue weighted by Crippen LogP contribution is 2.31. The van der Waals surface area contributed by atoms with E-state index in [4.69, 9.17) is 5.41 Å². The summed E-state index contributed by atoms with van der Waals surface area (Å²) >= 11 is 2.01. The predicted octanol–water partition coefficient (Wildman–Crippen LogP) is 2.84. The van der Waals surface area contributed by atoms with Crippen LogP contribution in [-0.4, -0.2) is 34.3 Å². The number of hydrogen-bond donors (Lipinski definition) is 1. The van der Waals surface area contributed by atoms with Gasteiger partial charge in [0.15, 0.2) is 0 Å². The van der Waals surface area contributed by atoms with Gasteiger partial charge in [-0.05, 0) is 13.8 Å². The monoisotopic (exact) mass is 214 g/mol. The van der Waals surface area contributed by atoms with E-state index in [1.807, 2.05) is 11.8 Å². The van der Waals surface area contributed by atoms with E-state index in [0.717, 1.165) is 24.7 Å². The molecule has 0 aromatic rings. The highest BCUT2D eigenvalue weighted by Gasteiger charge is 2.31. The third kappa shape index (κ3) is 2.91. The Balaban J connectivity index is 2.66. The van der Waals surface area contributed by atoms with Crippen molar-refractivity contribution in [2.24, 2.45) is 5.41 Å². The van der Waals surface area contributed by atoms with Gasteiger partial charge in [-0.3, -0.25) is 5.41 Å². The highest BCUT2D eigenvalue weighted by atomic mass is 32.2. The molecule has 0 atom stereocenters. The molecule has 0 radical (unpaired) electrons. The summed E-state index contributed by atoms with van der Waals surface area (Å²) in [6.07, 6.45) is 0. The van der Waals surface area contributed by atoms with Gasteiger partial charge in [-0.25, -0.2) is 0 Å². The maximum atomic E-state index is 8.13. The zero-order chi connectivity index (χ0) is 11.0. The normalized spacial score (nSPS) is 22.2. The second-order valence-corrected chi connectivity index (χ2v) is 7.43. The molecule has 1 aliphatic rings. The van der Waals surface area contributed by atoms with E-state index >= 15 is 0 Å². The number of amidine groups is 1. The van der Waals surface area contributed by atoms with E-state index in [2.05, 4.69) is 39.5 Å². The van der Waals surface area contributed by atoms with E-state index in [1.54, 1.807) is 0 Å². The Morgan fingerprint density at radius 3 is 2.36 bits per heavy atom. The van der Waals surface area contributed by atoms with Crippen LogP contribution in [-0.2, 0) is 0 Å². The number of rotatable bonds is 0. The maximum Gasteiger partial charge on any atom is 0.101 e. The quantitative estimate of drug-likeness (QED) is 0.496. The van der Waals surface area contributed by atoms with Gasteiger partial charge in [0.1, 0.15) is 5.84 Å². The zero-order valence-corrected chi connectivity index (χ0v) is 10.8. The fourth-order valence-corrected chi connectivity index (χ4v) is 2.79. The summed E-state index contributed by atoms with van der Waals surface area (Å²) < 4.78 is 0.301. The van der Waals surface area contributed by atoms with Gasteiger partial charge in [-0.2, -0.15) is 11.8 Å². The minimum absolute atomic E-state index is 0.0158. The Morgan fingerprint density at radius 1 is 1.36 bits per heavy atom. The summed E-state index contributed by atoms with van der Waals surface area (Å²) in [5, 5.41) is 8.13. The van der Waals surface area contributed by atoms with Gasteiger partial charge in [-0.1, -0.05) is 20.8 Å². The third-order valence-corrected chi connectivity index (χ3v) is 3.75. The summed E-state index contributed by atoms with van der Waals surface area (Å²) in [4.78, 5) is 2.23. The van der Waals surface area contributed by atoms with Crippen LogP contribution in [0, 0.1) is 10.8 Å². The predicted molar refractivity (Wildman–Crippen MR) is 65.3 cm³/mol. The maximum absolute atomic E-state index is 8.13. The first-order chi connectivity index (χ1) is 6.22. The van der Waals surface area contributed by atoms with Crippen molar-refractivity contribution in [3.8, 4) is 0 Å². The lowest BCUT2D eigenvalue weighted by Gasteiger charge is -2.42. The van der Waals surface area contributed by atoms with Gasteiger partial charge >= 0.3 is 0 Å². The average Bonchev–Trinajstić information content (AvgIpc) is 1.99. The second kappa shape index (κ2) is 3.76. The SMILES string of the molecule is CC1(C)CN(C(=N)C(C)(C)C)CCS1. The van der Waals surface area contributed by atoms with Crippen LogP contribution in [0.2, 0.25) is 0 Å². The van der Waals surface area contributed by atoms with E-state index in [-0.39, 0.29) is 5.41 Å². The first-order valence-corrected chi connectivity index (χ1v) is 6.19. The minimum Gasteiger partial charge on any atom is -0.358 e. The lowest BCUT2D eigenvalue weighted by molar-refractivity contribution is 0.346. The van der Waals surface area contributed by atoms with Gasteiger partial charge < -0.3 is 4.90 Å². The molecule has 1 aliphatic heterocycles. The molecular formula is C11H22N2S. The Labute approximate surface area is 92.0 Å². The molecule has 1 rings (SSSR count). The average molecular weight is 214 g/mol. The smallest absolute Gasteiger partial charge is 0.101 e. The summed E-state index contributed by atoms with van der Waals surface area (Å²) in [6, 6.07) is 0. The molecule has 1 heterocycles. The van der Waals surface area contributed by atoms with Crippen LogP contribution in [0.15, 0.2) is 0 Å². The van der Waals surface area contributed by atoms with Gasteiger partial charge in [0, 0.05) is 29.0 Å². The molecule has 14 heavy (non-hydrogen) atoms. The molecule has 1 fully saturated rings. The van der Waals surface area contributed by atoms with Gasteiger partial charge in [-0.15, -0.1) is 0 Å². The Hall–Kier alpha value is -0.180. The van der Waals surface area contributed by atoms with Crippen LogP contribution >= 0.6 is 11.8 Å². The molecular weight excluding hydrogens is 192 g/mol. The van der Waals surface area contributed by atoms with E-state index in [0.29, 0.717) is 4.75 Å². The molecule has 0 saturated carbocycles. The molecule has 0 aliphatic carbocycles. The number of thioether (sulfide) groups is 1. The molecule has 0 aromatic carbocycles. The van der Waals surface area contributed by atoms with Crippen molar-refractivity contribution in [2.45, 2.75) is 39.4 Å². The molecule has 3 heteroatoms. The van der Waals surface area contributed by atoms with Crippen LogP contribution < -0.4 is 0 Å². The highest BCUT2D eigenvalue weighted by molar-refractivity contribution is 8.00.